The summed E-state index contributed by atoms with van der Waals surface area (Å²) < 4.78 is 2.11. The number of H-pyrrole nitrogens is 1. The molecular weight excluding hydrogens is 216 g/mol. The predicted molar refractivity (Wildman–Crippen MR) is 62.3 cm³/mol. The smallest absolute Gasteiger partial charge is 0.150 e. The van der Waals surface area contributed by atoms with Gasteiger partial charge in [0.1, 0.15) is 6.33 Å². The minimum absolute atomic E-state index is 0.204. The molecule has 0 spiro atoms. The molecule has 0 radical (unpaired) electrons. The minimum atomic E-state index is 0.204. The molecule has 0 fully saturated rings. The molecule has 6 nitrogen and oxygen atoms in total. The van der Waals surface area contributed by atoms with E-state index in [2.05, 4.69) is 43.9 Å². The fourth-order valence-electron chi connectivity index (χ4n) is 2.25. The van der Waals surface area contributed by atoms with Gasteiger partial charge in [-0.2, -0.15) is 0 Å². The zero-order valence-corrected chi connectivity index (χ0v) is 10.0. The van der Waals surface area contributed by atoms with Crippen LogP contribution in [0.5, 0.6) is 0 Å². The Bertz CT molecular complexity index is 512. The summed E-state index contributed by atoms with van der Waals surface area (Å²) in [5, 5.41) is 11.7. The third kappa shape index (κ3) is 1.74. The van der Waals surface area contributed by atoms with Crippen molar-refractivity contribution in [1.82, 2.24) is 30.0 Å². The van der Waals surface area contributed by atoms with Crippen LogP contribution < -0.4 is 5.32 Å². The van der Waals surface area contributed by atoms with Gasteiger partial charge in [-0.15, -0.1) is 10.2 Å². The second-order valence-electron chi connectivity index (χ2n) is 4.66. The zero-order valence-electron chi connectivity index (χ0n) is 10.0. The summed E-state index contributed by atoms with van der Waals surface area (Å²) in [6.07, 6.45) is 4.41. The topological polar surface area (TPSA) is 71.4 Å². The first-order valence-electron chi connectivity index (χ1n) is 5.89. The number of imidazole rings is 1. The molecule has 3 heterocycles. The summed E-state index contributed by atoms with van der Waals surface area (Å²) in [6.45, 7) is 5.08. The summed E-state index contributed by atoms with van der Waals surface area (Å²) in [4.78, 5) is 7.48. The Morgan fingerprint density at radius 3 is 3.18 bits per heavy atom. The maximum Gasteiger partial charge on any atom is 0.150 e. The lowest BCUT2D eigenvalue weighted by atomic mass is 10.0. The Labute approximate surface area is 99.5 Å². The van der Waals surface area contributed by atoms with Crippen molar-refractivity contribution in [3.63, 3.8) is 0 Å². The summed E-state index contributed by atoms with van der Waals surface area (Å²) >= 11 is 0. The van der Waals surface area contributed by atoms with Crippen molar-refractivity contribution < 1.29 is 0 Å². The molecule has 1 unspecified atom stereocenters. The molecule has 3 rings (SSSR count). The van der Waals surface area contributed by atoms with Gasteiger partial charge in [0, 0.05) is 19.0 Å². The van der Waals surface area contributed by atoms with Crippen LogP contribution in [0.3, 0.4) is 0 Å². The van der Waals surface area contributed by atoms with Gasteiger partial charge in [0.2, 0.25) is 0 Å². The molecule has 2 aromatic rings. The number of aromatic amines is 1. The fraction of sp³-hybridized carbons (Fsp3) is 0.545. The molecule has 0 bridgehead atoms. The van der Waals surface area contributed by atoms with E-state index >= 15 is 0 Å². The van der Waals surface area contributed by atoms with Crippen molar-refractivity contribution in [3.8, 4) is 0 Å². The van der Waals surface area contributed by atoms with E-state index in [1.807, 2.05) is 0 Å². The number of nitrogens with zero attached hydrogens (tertiary/aromatic N) is 4. The second-order valence-corrected chi connectivity index (χ2v) is 4.66. The maximum absolute atomic E-state index is 4.34. The van der Waals surface area contributed by atoms with Crippen molar-refractivity contribution in [3.05, 3.63) is 29.9 Å². The van der Waals surface area contributed by atoms with E-state index < -0.39 is 0 Å². The highest BCUT2D eigenvalue weighted by Gasteiger charge is 2.25. The van der Waals surface area contributed by atoms with Crippen LogP contribution in [0.4, 0.5) is 0 Å². The quantitative estimate of drug-likeness (QED) is 0.809. The molecule has 0 aliphatic carbocycles. The first kappa shape index (κ1) is 10.5. The number of fused-ring (bicyclic) bond motifs is 1. The Morgan fingerprint density at radius 1 is 1.47 bits per heavy atom. The third-order valence-corrected chi connectivity index (χ3v) is 3.20. The van der Waals surface area contributed by atoms with Crippen LogP contribution in [0.25, 0.3) is 0 Å². The zero-order chi connectivity index (χ0) is 11.8. The van der Waals surface area contributed by atoms with Gasteiger partial charge in [-0.05, 0) is 13.8 Å². The van der Waals surface area contributed by atoms with E-state index in [9.17, 15) is 0 Å². The van der Waals surface area contributed by atoms with Gasteiger partial charge in [-0.25, -0.2) is 4.98 Å². The summed E-state index contributed by atoms with van der Waals surface area (Å²) in [5.74, 6) is 0.994. The van der Waals surface area contributed by atoms with Crippen molar-refractivity contribution in [2.75, 3.05) is 0 Å². The highest BCUT2D eigenvalue weighted by Crippen LogP contribution is 2.23. The van der Waals surface area contributed by atoms with Crippen LogP contribution in [0.15, 0.2) is 12.7 Å². The van der Waals surface area contributed by atoms with Gasteiger partial charge < -0.3 is 14.9 Å². The minimum Gasteiger partial charge on any atom is -0.347 e. The van der Waals surface area contributed by atoms with E-state index in [-0.39, 0.29) is 6.04 Å². The van der Waals surface area contributed by atoms with Gasteiger partial charge in [0.05, 0.1) is 23.8 Å². The number of nitrogens with one attached hydrogen (secondary N) is 2. The number of rotatable bonds is 2. The average molecular weight is 232 g/mol. The first-order chi connectivity index (χ1) is 8.25. The van der Waals surface area contributed by atoms with Crippen LogP contribution >= 0.6 is 0 Å². The standard InChI is InChI=1S/C11H16N6/c1-7(2)17-6-15-16-11(17)9-3-8-10(4-12-9)14-5-13-8/h5-7,9,12H,3-4H2,1-2H3,(H,13,14). The molecule has 2 aromatic heterocycles. The van der Waals surface area contributed by atoms with Crippen LogP contribution in [-0.4, -0.2) is 24.7 Å². The van der Waals surface area contributed by atoms with Crippen molar-refractivity contribution in [2.24, 2.45) is 0 Å². The highest BCUT2D eigenvalue weighted by atomic mass is 15.3. The fourth-order valence-corrected chi connectivity index (χ4v) is 2.25. The summed E-state index contributed by atoms with van der Waals surface area (Å²) in [7, 11) is 0. The number of aromatic nitrogens is 5. The average Bonchev–Trinajstić information content (AvgIpc) is 2.96. The van der Waals surface area contributed by atoms with E-state index in [0.717, 1.165) is 24.5 Å². The molecule has 0 saturated heterocycles. The highest BCUT2D eigenvalue weighted by molar-refractivity contribution is 5.18. The largest absolute Gasteiger partial charge is 0.347 e. The molecule has 0 aromatic carbocycles. The molecule has 0 saturated carbocycles. The van der Waals surface area contributed by atoms with Crippen molar-refractivity contribution in [1.29, 1.82) is 0 Å². The van der Waals surface area contributed by atoms with Crippen molar-refractivity contribution in [2.45, 2.75) is 38.9 Å². The van der Waals surface area contributed by atoms with Crippen LogP contribution in [0.1, 0.15) is 43.1 Å². The van der Waals surface area contributed by atoms with Gasteiger partial charge in [0.15, 0.2) is 5.82 Å². The van der Waals surface area contributed by atoms with Crippen LogP contribution in [0.2, 0.25) is 0 Å². The maximum atomic E-state index is 4.34. The van der Waals surface area contributed by atoms with Gasteiger partial charge >= 0.3 is 0 Å². The lowest BCUT2D eigenvalue weighted by Gasteiger charge is -2.23. The molecule has 1 atom stereocenters. The first-order valence-corrected chi connectivity index (χ1v) is 5.89. The lowest BCUT2D eigenvalue weighted by molar-refractivity contribution is 0.432. The molecule has 0 amide bonds. The molecule has 17 heavy (non-hydrogen) atoms. The molecular formula is C11H16N6. The SMILES string of the molecule is CC(C)n1cnnc1C1Cc2nc[nH]c2CN1. The monoisotopic (exact) mass is 232 g/mol. The van der Waals surface area contributed by atoms with Gasteiger partial charge in [-0.1, -0.05) is 0 Å². The summed E-state index contributed by atoms with van der Waals surface area (Å²) in [6, 6.07) is 0.582. The lowest BCUT2D eigenvalue weighted by Crippen LogP contribution is -2.31. The predicted octanol–water partition coefficient (Wildman–Crippen LogP) is 0.969. The molecule has 1 aliphatic heterocycles. The Kier molecular flexibility index (Phi) is 2.44. The van der Waals surface area contributed by atoms with E-state index in [1.54, 1.807) is 12.7 Å². The molecule has 6 heteroatoms. The molecule has 2 N–H and O–H groups in total. The van der Waals surface area contributed by atoms with Gasteiger partial charge in [-0.3, -0.25) is 0 Å². The third-order valence-electron chi connectivity index (χ3n) is 3.20. The van der Waals surface area contributed by atoms with E-state index in [4.69, 9.17) is 0 Å². The Balaban J connectivity index is 1.89. The number of hydrogen-bond acceptors (Lipinski definition) is 4. The number of hydrogen-bond donors (Lipinski definition) is 2. The van der Waals surface area contributed by atoms with Crippen LogP contribution in [0, 0.1) is 0 Å². The van der Waals surface area contributed by atoms with Crippen LogP contribution in [-0.2, 0) is 13.0 Å². The van der Waals surface area contributed by atoms with Crippen molar-refractivity contribution >= 4 is 0 Å². The normalized spacial score (nSPS) is 19.6. The Morgan fingerprint density at radius 2 is 2.35 bits per heavy atom. The van der Waals surface area contributed by atoms with E-state index in [1.165, 1.54) is 5.69 Å². The molecule has 90 valence electrons. The van der Waals surface area contributed by atoms with E-state index in [0.29, 0.717) is 6.04 Å². The second kappa shape index (κ2) is 3.96. The summed E-state index contributed by atoms with van der Waals surface area (Å²) in [5.41, 5.74) is 2.31. The Hall–Kier alpha value is -1.69. The van der Waals surface area contributed by atoms with Gasteiger partial charge in [0.25, 0.3) is 0 Å². The molecule has 1 aliphatic rings.